The van der Waals surface area contributed by atoms with Crippen LogP contribution in [-0.2, 0) is 6.54 Å². The van der Waals surface area contributed by atoms with Gasteiger partial charge in [-0.3, -0.25) is 4.90 Å². The first kappa shape index (κ1) is 18.8. The van der Waals surface area contributed by atoms with Crippen LogP contribution in [0.4, 0.5) is 4.79 Å². The smallest absolute Gasteiger partial charge is 0.407 e. The van der Waals surface area contributed by atoms with Crippen molar-refractivity contribution in [2.45, 2.75) is 32.2 Å². The molecule has 5 nitrogen and oxygen atoms in total. The molecule has 1 N–H and O–H groups in total. The average molecular weight is 355 g/mol. The molecule has 2 saturated heterocycles. The summed E-state index contributed by atoms with van der Waals surface area (Å²) in [5.41, 5.74) is 2.33. The molecule has 26 heavy (non-hydrogen) atoms. The Labute approximate surface area is 156 Å². The Bertz CT molecular complexity index is 633. The van der Waals surface area contributed by atoms with Gasteiger partial charge < -0.3 is 14.9 Å². The van der Waals surface area contributed by atoms with Crippen LogP contribution in [0.5, 0.6) is 0 Å². The van der Waals surface area contributed by atoms with Crippen molar-refractivity contribution < 1.29 is 9.90 Å². The molecule has 2 aliphatic rings. The van der Waals surface area contributed by atoms with E-state index in [1.165, 1.54) is 42.8 Å². The third-order valence-corrected chi connectivity index (χ3v) is 5.24. The van der Waals surface area contributed by atoms with Crippen molar-refractivity contribution in [3.8, 4) is 11.8 Å². The molecule has 1 aromatic rings. The molecular weight excluding hydrogens is 326 g/mol. The summed E-state index contributed by atoms with van der Waals surface area (Å²) in [5.74, 6) is 6.57. The minimum absolute atomic E-state index is 0.593. The lowest BCUT2D eigenvalue weighted by Gasteiger charge is -2.33. The molecule has 5 heteroatoms. The summed E-state index contributed by atoms with van der Waals surface area (Å²) in [6.45, 7) is 7.21. The van der Waals surface area contributed by atoms with E-state index in [-0.39, 0.29) is 0 Å². The Morgan fingerprint density at radius 2 is 1.62 bits per heavy atom. The fourth-order valence-corrected chi connectivity index (χ4v) is 3.61. The molecule has 0 aliphatic carbocycles. The van der Waals surface area contributed by atoms with Gasteiger partial charge in [-0.2, -0.15) is 0 Å². The normalized spacial score (nSPS) is 19.0. The number of piperidine rings is 1. The molecular formula is C21H29N3O2. The van der Waals surface area contributed by atoms with Crippen molar-refractivity contribution in [1.82, 2.24) is 14.7 Å². The van der Waals surface area contributed by atoms with Crippen molar-refractivity contribution in [3.05, 3.63) is 35.4 Å². The van der Waals surface area contributed by atoms with Crippen LogP contribution in [0.2, 0.25) is 0 Å². The Morgan fingerprint density at radius 1 is 0.923 bits per heavy atom. The van der Waals surface area contributed by atoms with Gasteiger partial charge in [0, 0.05) is 51.3 Å². The average Bonchev–Trinajstić information content (AvgIpc) is 2.68. The van der Waals surface area contributed by atoms with Gasteiger partial charge in [0.15, 0.2) is 0 Å². The maximum Gasteiger partial charge on any atom is 0.407 e. The molecule has 0 unspecified atom stereocenters. The first-order valence-electron chi connectivity index (χ1n) is 9.71. The molecule has 3 rings (SSSR count). The maximum atomic E-state index is 10.9. The number of benzene rings is 1. The molecule has 0 saturated carbocycles. The number of amides is 1. The topological polar surface area (TPSA) is 47.0 Å². The monoisotopic (exact) mass is 355 g/mol. The third kappa shape index (κ3) is 5.76. The lowest BCUT2D eigenvalue weighted by Crippen LogP contribution is -2.47. The second-order valence-electron chi connectivity index (χ2n) is 7.20. The second kappa shape index (κ2) is 9.61. The van der Waals surface area contributed by atoms with E-state index in [0.717, 1.165) is 38.2 Å². The Kier molecular flexibility index (Phi) is 6.93. The first-order valence-corrected chi connectivity index (χ1v) is 9.71. The van der Waals surface area contributed by atoms with Crippen LogP contribution in [-0.4, -0.2) is 71.7 Å². The van der Waals surface area contributed by atoms with Gasteiger partial charge >= 0.3 is 6.09 Å². The summed E-state index contributed by atoms with van der Waals surface area (Å²) in [6, 6.07) is 8.46. The summed E-state index contributed by atoms with van der Waals surface area (Å²) >= 11 is 0. The van der Waals surface area contributed by atoms with Crippen LogP contribution >= 0.6 is 0 Å². The van der Waals surface area contributed by atoms with Crippen molar-refractivity contribution in [3.63, 3.8) is 0 Å². The number of carbonyl (C=O) groups is 1. The highest BCUT2D eigenvalue weighted by atomic mass is 16.4. The minimum Gasteiger partial charge on any atom is -0.465 e. The predicted molar refractivity (Wildman–Crippen MR) is 103 cm³/mol. The van der Waals surface area contributed by atoms with Crippen LogP contribution in [0.25, 0.3) is 0 Å². The molecule has 0 atom stereocenters. The zero-order valence-corrected chi connectivity index (χ0v) is 15.5. The van der Waals surface area contributed by atoms with E-state index >= 15 is 0 Å². The van der Waals surface area contributed by atoms with Gasteiger partial charge in [0.2, 0.25) is 0 Å². The van der Waals surface area contributed by atoms with Crippen molar-refractivity contribution in [2.75, 3.05) is 45.8 Å². The zero-order chi connectivity index (χ0) is 18.2. The van der Waals surface area contributed by atoms with Crippen LogP contribution in [0.1, 0.15) is 36.8 Å². The van der Waals surface area contributed by atoms with E-state index in [0.29, 0.717) is 13.1 Å². The maximum absolute atomic E-state index is 10.9. The van der Waals surface area contributed by atoms with Gasteiger partial charge in [-0.1, -0.05) is 30.4 Å². The van der Waals surface area contributed by atoms with Crippen molar-refractivity contribution >= 4 is 6.09 Å². The fourth-order valence-electron chi connectivity index (χ4n) is 3.61. The Balaban J connectivity index is 1.41. The van der Waals surface area contributed by atoms with Crippen molar-refractivity contribution in [1.29, 1.82) is 0 Å². The molecule has 140 valence electrons. The predicted octanol–water partition coefficient (Wildman–Crippen LogP) is 2.71. The van der Waals surface area contributed by atoms with E-state index in [2.05, 4.69) is 45.9 Å². The van der Waals surface area contributed by atoms with Gasteiger partial charge in [0.25, 0.3) is 0 Å². The quantitative estimate of drug-likeness (QED) is 0.844. The molecule has 1 aromatic carbocycles. The van der Waals surface area contributed by atoms with Gasteiger partial charge in [0.05, 0.1) is 0 Å². The molecule has 0 aromatic heterocycles. The van der Waals surface area contributed by atoms with E-state index in [4.69, 9.17) is 5.11 Å². The highest BCUT2D eigenvalue weighted by Crippen LogP contribution is 2.11. The summed E-state index contributed by atoms with van der Waals surface area (Å²) in [7, 11) is 0. The highest BCUT2D eigenvalue weighted by Gasteiger charge is 2.20. The van der Waals surface area contributed by atoms with E-state index in [9.17, 15) is 4.79 Å². The largest absolute Gasteiger partial charge is 0.465 e. The lowest BCUT2D eigenvalue weighted by molar-refractivity contribution is 0.103. The fraction of sp³-hybridized carbons (Fsp3) is 0.571. The molecule has 2 aliphatic heterocycles. The number of hydrogen-bond donors (Lipinski definition) is 1. The zero-order valence-electron chi connectivity index (χ0n) is 15.5. The van der Waals surface area contributed by atoms with Gasteiger partial charge in [-0.15, -0.1) is 0 Å². The summed E-state index contributed by atoms with van der Waals surface area (Å²) in [6.07, 6.45) is 4.17. The van der Waals surface area contributed by atoms with Crippen LogP contribution in [0, 0.1) is 11.8 Å². The third-order valence-electron chi connectivity index (χ3n) is 5.24. The summed E-state index contributed by atoms with van der Waals surface area (Å²) < 4.78 is 0. The standard InChI is InChI=1S/C21H29N3O2/c25-21(26)24-16-14-23(15-17-24)18-20-9-7-19(8-10-20)6-2-5-13-22-11-3-1-4-12-22/h7-10H,1,3-5,11-18H2,(H,25,26). The Morgan fingerprint density at radius 3 is 2.27 bits per heavy atom. The number of nitrogens with zero attached hydrogens (tertiary/aromatic N) is 3. The van der Waals surface area contributed by atoms with E-state index < -0.39 is 6.09 Å². The van der Waals surface area contributed by atoms with Gasteiger partial charge in [-0.25, -0.2) is 4.79 Å². The second-order valence-corrected chi connectivity index (χ2v) is 7.20. The van der Waals surface area contributed by atoms with E-state index in [1.54, 1.807) is 0 Å². The number of hydrogen-bond acceptors (Lipinski definition) is 3. The van der Waals surface area contributed by atoms with Crippen LogP contribution in [0.15, 0.2) is 24.3 Å². The lowest BCUT2D eigenvalue weighted by atomic mass is 10.1. The molecule has 0 spiro atoms. The molecule has 2 fully saturated rings. The molecule has 0 radical (unpaired) electrons. The van der Waals surface area contributed by atoms with Crippen molar-refractivity contribution in [2.24, 2.45) is 0 Å². The summed E-state index contributed by atoms with van der Waals surface area (Å²) in [4.78, 5) is 17.3. The van der Waals surface area contributed by atoms with E-state index in [1.807, 2.05) is 0 Å². The van der Waals surface area contributed by atoms with Gasteiger partial charge in [0.1, 0.15) is 0 Å². The minimum atomic E-state index is -0.812. The molecule has 0 bridgehead atoms. The molecule has 2 heterocycles. The Hall–Kier alpha value is -2.03. The number of rotatable bonds is 4. The SMILES string of the molecule is O=C(O)N1CCN(Cc2ccc(C#CCCN3CCCCC3)cc2)CC1. The number of piperazine rings is 1. The van der Waals surface area contributed by atoms with Crippen LogP contribution < -0.4 is 0 Å². The first-order chi connectivity index (χ1) is 12.7. The molecule has 1 amide bonds. The summed E-state index contributed by atoms with van der Waals surface area (Å²) in [5, 5.41) is 9.00. The van der Waals surface area contributed by atoms with Crippen LogP contribution in [0.3, 0.4) is 0 Å². The van der Waals surface area contributed by atoms with Gasteiger partial charge in [-0.05, 0) is 43.6 Å². The number of likely N-dealkylation sites (tertiary alicyclic amines) is 1. The number of carboxylic acid groups (broad SMARTS) is 1. The highest BCUT2D eigenvalue weighted by molar-refractivity contribution is 5.65.